The molecule has 1 unspecified atom stereocenters. The van der Waals surface area contributed by atoms with E-state index in [4.69, 9.17) is 9.47 Å². The van der Waals surface area contributed by atoms with Gasteiger partial charge in [0, 0.05) is 6.54 Å². The van der Waals surface area contributed by atoms with Crippen molar-refractivity contribution in [3.05, 3.63) is 54.1 Å². The van der Waals surface area contributed by atoms with Gasteiger partial charge in [0.2, 0.25) is 15.9 Å². The third kappa shape index (κ3) is 6.39. The molecule has 0 radical (unpaired) electrons. The summed E-state index contributed by atoms with van der Waals surface area (Å²) in [6, 6.07) is 13.1. The van der Waals surface area contributed by atoms with Crippen molar-refractivity contribution in [2.75, 3.05) is 23.8 Å². The van der Waals surface area contributed by atoms with Crippen LogP contribution < -0.4 is 19.1 Å². The molecule has 1 N–H and O–H groups in total. The summed E-state index contributed by atoms with van der Waals surface area (Å²) in [6.07, 6.45) is 1.08. The summed E-state index contributed by atoms with van der Waals surface area (Å²) in [5.74, 6) is 1.00. The number of nitrogens with zero attached hydrogens (tertiary/aromatic N) is 1. The van der Waals surface area contributed by atoms with Crippen LogP contribution in [-0.4, -0.2) is 39.8 Å². The number of benzene rings is 2. The summed E-state index contributed by atoms with van der Waals surface area (Å²) in [4.78, 5) is 12.7. The zero-order valence-electron chi connectivity index (χ0n) is 17.2. The van der Waals surface area contributed by atoms with Gasteiger partial charge in [-0.25, -0.2) is 8.42 Å². The molecule has 158 valence electrons. The number of hydrogen-bond donors (Lipinski definition) is 1. The highest BCUT2D eigenvalue weighted by molar-refractivity contribution is 7.92. The summed E-state index contributed by atoms with van der Waals surface area (Å²) < 4.78 is 36.6. The first-order chi connectivity index (χ1) is 13.8. The molecule has 0 aliphatic heterocycles. The maximum Gasteiger partial charge on any atom is 0.243 e. The lowest BCUT2D eigenvalue weighted by Gasteiger charge is -2.28. The molecular formula is C21H28N2O5S. The standard InChI is InChI=1S/C21H28N2O5S/c1-5-27-19-11-7-17(8-12-19)15-22-21(24)16(3)23(29(4,25)26)18-9-13-20(14-10-18)28-6-2/h7-14,16H,5-6,15H2,1-4H3,(H,22,24). The lowest BCUT2D eigenvalue weighted by molar-refractivity contribution is -0.122. The van der Waals surface area contributed by atoms with Gasteiger partial charge in [-0.15, -0.1) is 0 Å². The molecule has 0 aliphatic carbocycles. The monoisotopic (exact) mass is 420 g/mol. The van der Waals surface area contributed by atoms with E-state index in [2.05, 4.69) is 5.32 Å². The SMILES string of the molecule is CCOc1ccc(CNC(=O)C(C)N(c2ccc(OCC)cc2)S(C)(=O)=O)cc1. The Kier molecular flexibility index (Phi) is 7.90. The van der Waals surface area contributed by atoms with Gasteiger partial charge in [0.15, 0.2) is 0 Å². The number of carbonyl (C=O) groups is 1. The number of carbonyl (C=O) groups excluding carboxylic acids is 1. The average molecular weight is 421 g/mol. The van der Waals surface area contributed by atoms with Crippen LogP contribution in [0.15, 0.2) is 48.5 Å². The van der Waals surface area contributed by atoms with Gasteiger partial charge in [-0.3, -0.25) is 9.10 Å². The number of anilines is 1. The van der Waals surface area contributed by atoms with E-state index < -0.39 is 22.0 Å². The van der Waals surface area contributed by atoms with Gasteiger partial charge in [-0.1, -0.05) is 12.1 Å². The zero-order valence-corrected chi connectivity index (χ0v) is 18.0. The number of ether oxygens (including phenoxy) is 2. The van der Waals surface area contributed by atoms with Crippen LogP contribution in [0.1, 0.15) is 26.3 Å². The molecule has 0 aromatic heterocycles. The first-order valence-electron chi connectivity index (χ1n) is 9.48. The fraction of sp³-hybridized carbons (Fsp3) is 0.381. The predicted octanol–water partition coefficient (Wildman–Crippen LogP) is 2.95. The van der Waals surface area contributed by atoms with Crippen molar-refractivity contribution in [1.29, 1.82) is 0 Å². The highest BCUT2D eigenvalue weighted by Crippen LogP contribution is 2.24. The van der Waals surface area contributed by atoms with Crippen LogP contribution in [0.2, 0.25) is 0 Å². The molecule has 0 aliphatic rings. The predicted molar refractivity (Wildman–Crippen MR) is 114 cm³/mol. The van der Waals surface area contributed by atoms with Gasteiger partial charge in [0.05, 0.1) is 25.2 Å². The van der Waals surface area contributed by atoms with Crippen LogP contribution >= 0.6 is 0 Å². The molecule has 0 fully saturated rings. The fourth-order valence-electron chi connectivity index (χ4n) is 2.87. The topological polar surface area (TPSA) is 84.9 Å². The van der Waals surface area contributed by atoms with Gasteiger partial charge in [0.25, 0.3) is 0 Å². The highest BCUT2D eigenvalue weighted by Gasteiger charge is 2.29. The van der Waals surface area contributed by atoms with Crippen molar-refractivity contribution in [1.82, 2.24) is 5.32 Å². The van der Waals surface area contributed by atoms with Crippen molar-refractivity contribution in [3.63, 3.8) is 0 Å². The van der Waals surface area contributed by atoms with Gasteiger partial charge in [0.1, 0.15) is 17.5 Å². The lowest BCUT2D eigenvalue weighted by atomic mass is 10.2. The van der Waals surface area contributed by atoms with E-state index in [-0.39, 0.29) is 6.54 Å². The van der Waals surface area contributed by atoms with Crippen LogP contribution in [0.5, 0.6) is 11.5 Å². The largest absolute Gasteiger partial charge is 0.494 e. The molecule has 1 atom stereocenters. The second-order valence-corrected chi connectivity index (χ2v) is 8.32. The van der Waals surface area contributed by atoms with Gasteiger partial charge < -0.3 is 14.8 Å². The van der Waals surface area contributed by atoms with Crippen LogP contribution in [0.4, 0.5) is 5.69 Å². The van der Waals surface area contributed by atoms with E-state index in [0.717, 1.165) is 21.9 Å². The molecule has 8 heteroatoms. The molecule has 29 heavy (non-hydrogen) atoms. The Balaban J connectivity index is 2.10. The Labute approximate surface area is 172 Å². The minimum absolute atomic E-state index is 0.288. The molecule has 7 nitrogen and oxygen atoms in total. The average Bonchev–Trinajstić information content (AvgIpc) is 2.68. The molecule has 2 aromatic carbocycles. The van der Waals surface area contributed by atoms with Crippen molar-refractivity contribution in [2.45, 2.75) is 33.4 Å². The highest BCUT2D eigenvalue weighted by atomic mass is 32.2. The fourth-order valence-corrected chi connectivity index (χ4v) is 4.05. The number of amides is 1. The second kappa shape index (κ2) is 10.2. The van der Waals surface area contributed by atoms with E-state index in [1.165, 1.54) is 0 Å². The molecule has 2 rings (SSSR count). The first-order valence-corrected chi connectivity index (χ1v) is 11.3. The summed E-state index contributed by atoms with van der Waals surface area (Å²) in [5, 5.41) is 2.79. The number of nitrogens with one attached hydrogen (secondary N) is 1. The Morgan fingerprint density at radius 1 is 0.966 bits per heavy atom. The smallest absolute Gasteiger partial charge is 0.243 e. The second-order valence-electron chi connectivity index (χ2n) is 6.46. The van der Waals surface area contributed by atoms with E-state index in [0.29, 0.717) is 24.7 Å². The van der Waals surface area contributed by atoms with Crippen LogP contribution in [0.25, 0.3) is 0 Å². The molecule has 0 saturated carbocycles. The summed E-state index contributed by atoms with van der Waals surface area (Å²) in [6.45, 7) is 6.72. The van der Waals surface area contributed by atoms with E-state index in [1.807, 2.05) is 38.1 Å². The van der Waals surface area contributed by atoms with Gasteiger partial charge in [-0.05, 0) is 62.7 Å². The quantitative estimate of drug-likeness (QED) is 0.639. The van der Waals surface area contributed by atoms with Crippen LogP contribution in [0, 0.1) is 0 Å². The third-order valence-corrected chi connectivity index (χ3v) is 5.43. The maximum atomic E-state index is 12.7. The Morgan fingerprint density at radius 2 is 1.45 bits per heavy atom. The van der Waals surface area contributed by atoms with Crippen molar-refractivity contribution < 1.29 is 22.7 Å². The Bertz CT molecular complexity index is 896. The first kappa shape index (κ1) is 22.5. The lowest BCUT2D eigenvalue weighted by Crippen LogP contribution is -2.47. The minimum Gasteiger partial charge on any atom is -0.494 e. The summed E-state index contributed by atoms with van der Waals surface area (Å²) in [5.41, 5.74) is 1.29. The number of hydrogen-bond acceptors (Lipinski definition) is 5. The molecule has 2 aromatic rings. The van der Waals surface area contributed by atoms with Crippen molar-refractivity contribution in [2.24, 2.45) is 0 Å². The summed E-state index contributed by atoms with van der Waals surface area (Å²) >= 11 is 0. The van der Waals surface area contributed by atoms with Crippen molar-refractivity contribution in [3.8, 4) is 11.5 Å². The molecular weight excluding hydrogens is 392 g/mol. The Morgan fingerprint density at radius 3 is 1.90 bits per heavy atom. The third-order valence-electron chi connectivity index (χ3n) is 4.19. The molecule has 0 bridgehead atoms. The van der Waals surface area contributed by atoms with Gasteiger partial charge in [-0.2, -0.15) is 0 Å². The molecule has 0 spiro atoms. The zero-order chi connectivity index (χ0) is 21.4. The maximum absolute atomic E-state index is 12.7. The molecule has 0 saturated heterocycles. The van der Waals surface area contributed by atoms with E-state index >= 15 is 0 Å². The van der Waals surface area contributed by atoms with Crippen LogP contribution in [0.3, 0.4) is 0 Å². The Hall–Kier alpha value is -2.74. The molecule has 0 heterocycles. The number of sulfonamides is 1. The van der Waals surface area contributed by atoms with Gasteiger partial charge >= 0.3 is 0 Å². The van der Waals surface area contributed by atoms with E-state index in [1.54, 1.807) is 31.2 Å². The van der Waals surface area contributed by atoms with Crippen molar-refractivity contribution >= 4 is 21.6 Å². The minimum atomic E-state index is -3.67. The number of rotatable bonds is 10. The normalized spacial score (nSPS) is 12.1. The molecule has 1 amide bonds. The van der Waals surface area contributed by atoms with Crippen LogP contribution in [-0.2, 0) is 21.4 Å². The van der Waals surface area contributed by atoms with E-state index in [9.17, 15) is 13.2 Å². The summed E-state index contributed by atoms with van der Waals surface area (Å²) in [7, 11) is -3.67.